The van der Waals surface area contributed by atoms with Crippen molar-refractivity contribution >= 4 is 11.9 Å². The zero-order valence-electron chi connectivity index (χ0n) is 12.1. The van der Waals surface area contributed by atoms with Crippen LogP contribution in [0.25, 0.3) is 0 Å². The summed E-state index contributed by atoms with van der Waals surface area (Å²) in [5.41, 5.74) is 2.23. The van der Waals surface area contributed by atoms with Gasteiger partial charge in [-0.2, -0.15) is 10.2 Å². The SMILES string of the molecule is Cc1c(C(C)NC(=O)c2cnn(CC(=O)O)c2)cnn1C. The number of carboxylic acids is 1. The fourth-order valence-corrected chi connectivity index (χ4v) is 2.00. The molecule has 8 heteroatoms. The van der Waals surface area contributed by atoms with Gasteiger partial charge in [-0.05, 0) is 13.8 Å². The fraction of sp³-hybridized carbons (Fsp3) is 0.385. The first kappa shape index (κ1) is 14.8. The quantitative estimate of drug-likeness (QED) is 0.835. The van der Waals surface area contributed by atoms with Gasteiger partial charge in [0, 0.05) is 24.5 Å². The van der Waals surface area contributed by atoms with Crippen molar-refractivity contribution in [2.24, 2.45) is 7.05 Å². The number of hydrogen-bond acceptors (Lipinski definition) is 4. The monoisotopic (exact) mass is 291 g/mol. The number of aromatic nitrogens is 4. The number of aryl methyl sites for hydroxylation is 1. The molecule has 0 aliphatic heterocycles. The Bertz CT molecular complexity index is 673. The van der Waals surface area contributed by atoms with E-state index in [0.717, 1.165) is 11.3 Å². The normalized spacial score (nSPS) is 12.1. The van der Waals surface area contributed by atoms with Gasteiger partial charge in [0.1, 0.15) is 6.54 Å². The Hall–Kier alpha value is -2.64. The lowest BCUT2D eigenvalue weighted by atomic mass is 10.1. The number of nitrogens with zero attached hydrogens (tertiary/aromatic N) is 4. The number of nitrogens with one attached hydrogen (secondary N) is 1. The predicted octanol–water partition coefficient (Wildman–Crippen LogP) is 0.501. The molecule has 0 aliphatic carbocycles. The molecule has 8 nitrogen and oxygen atoms in total. The first-order chi connectivity index (χ1) is 9.88. The van der Waals surface area contributed by atoms with Gasteiger partial charge in [0.25, 0.3) is 5.91 Å². The maximum atomic E-state index is 12.1. The van der Waals surface area contributed by atoms with Crippen LogP contribution in [0.1, 0.15) is 34.6 Å². The maximum absolute atomic E-state index is 12.1. The average Bonchev–Trinajstić information content (AvgIpc) is 2.97. The zero-order valence-corrected chi connectivity index (χ0v) is 12.1. The first-order valence-electron chi connectivity index (χ1n) is 6.42. The van der Waals surface area contributed by atoms with Gasteiger partial charge in [0.15, 0.2) is 0 Å². The highest BCUT2D eigenvalue weighted by molar-refractivity contribution is 5.94. The molecule has 21 heavy (non-hydrogen) atoms. The van der Waals surface area contributed by atoms with E-state index < -0.39 is 5.97 Å². The Labute approximate surface area is 121 Å². The van der Waals surface area contributed by atoms with E-state index in [4.69, 9.17) is 5.11 Å². The molecule has 1 atom stereocenters. The first-order valence-corrected chi connectivity index (χ1v) is 6.42. The average molecular weight is 291 g/mol. The highest BCUT2D eigenvalue weighted by atomic mass is 16.4. The van der Waals surface area contributed by atoms with Crippen molar-refractivity contribution in [3.63, 3.8) is 0 Å². The lowest BCUT2D eigenvalue weighted by molar-refractivity contribution is -0.137. The van der Waals surface area contributed by atoms with E-state index >= 15 is 0 Å². The molecular formula is C13H17N5O3. The highest BCUT2D eigenvalue weighted by Crippen LogP contribution is 2.16. The molecular weight excluding hydrogens is 274 g/mol. The van der Waals surface area contributed by atoms with Gasteiger partial charge in [-0.1, -0.05) is 0 Å². The zero-order chi connectivity index (χ0) is 15.6. The molecule has 0 saturated heterocycles. The third kappa shape index (κ3) is 3.28. The van der Waals surface area contributed by atoms with Gasteiger partial charge < -0.3 is 10.4 Å². The second kappa shape index (κ2) is 5.78. The van der Waals surface area contributed by atoms with Crippen LogP contribution >= 0.6 is 0 Å². The Balaban J connectivity index is 2.05. The summed E-state index contributed by atoms with van der Waals surface area (Å²) in [7, 11) is 1.84. The molecule has 0 radical (unpaired) electrons. The summed E-state index contributed by atoms with van der Waals surface area (Å²) in [4.78, 5) is 22.7. The molecule has 0 spiro atoms. The Morgan fingerprint density at radius 1 is 1.38 bits per heavy atom. The smallest absolute Gasteiger partial charge is 0.325 e. The summed E-state index contributed by atoms with van der Waals surface area (Å²) in [5, 5.41) is 19.5. The molecule has 2 aromatic heterocycles. The molecule has 2 N–H and O–H groups in total. The van der Waals surface area contributed by atoms with Crippen LogP contribution in [-0.2, 0) is 18.4 Å². The van der Waals surface area contributed by atoms with E-state index in [2.05, 4.69) is 15.5 Å². The standard InChI is InChI=1S/C13H17N5O3/c1-8(11-5-14-17(3)9(11)2)16-13(21)10-4-15-18(6-10)7-12(19)20/h4-6,8H,7H2,1-3H3,(H,16,21)(H,19,20). The molecule has 0 bridgehead atoms. The van der Waals surface area contributed by atoms with Crippen molar-refractivity contribution in [3.8, 4) is 0 Å². The minimum absolute atomic E-state index is 0.200. The van der Waals surface area contributed by atoms with Crippen LogP contribution in [0.15, 0.2) is 18.6 Å². The molecule has 2 aromatic rings. The summed E-state index contributed by atoms with van der Waals surface area (Å²) in [5.74, 6) is -1.31. The number of carbonyl (C=O) groups excluding carboxylic acids is 1. The summed E-state index contributed by atoms with van der Waals surface area (Å²) in [6.45, 7) is 3.52. The Kier molecular flexibility index (Phi) is 4.06. The number of rotatable bonds is 5. The maximum Gasteiger partial charge on any atom is 0.325 e. The largest absolute Gasteiger partial charge is 0.480 e. The summed E-state index contributed by atoms with van der Waals surface area (Å²) < 4.78 is 2.94. The molecule has 0 aromatic carbocycles. The summed E-state index contributed by atoms with van der Waals surface area (Å²) >= 11 is 0. The lowest BCUT2D eigenvalue weighted by Gasteiger charge is -2.12. The predicted molar refractivity (Wildman–Crippen MR) is 73.7 cm³/mol. The van der Waals surface area contributed by atoms with Gasteiger partial charge in [-0.25, -0.2) is 0 Å². The van der Waals surface area contributed by atoms with Gasteiger partial charge in [-0.15, -0.1) is 0 Å². The van der Waals surface area contributed by atoms with Crippen LogP contribution in [0.2, 0.25) is 0 Å². The lowest BCUT2D eigenvalue weighted by Crippen LogP contribution is -2.26. The highest BCUT2D eigenvalue weighted by Gasteiger charge is 2.17. The third-order valence-corrected chi connectivity index (χ3v) is 3.28. The molecule has 0 fully saturated rings. The second-order valence-electron chi connectivity index (χ2n) is 4.82. The van der Waals surface area contributed by atoms with E-state index in [-0.39, 0.29) is 18.5 Å². The number of amides is 1. The Morgan fingerprint density at radius 3 is 2.67 bits per heavy atom. The van der Waals surface area contributed by atoms with E-state index in [9.17, 15) is 9.59 Å². The van der Waals surface area contributed by atoms with E-state index in [1.165, 1.54) is 17.1 Å². The molecule has 1 amide bonds. The van der Waals surface area contributed by atoms with Crippen LogP contribution in [0, 0.1) is 6.92 Å². The van der Waals surface area contributed by atoms with Crippen LogP contribution in [-0.4, -0.2) is 36.5 Å². The van der Waals surface area contributed by atoms with Crippen LogP contribution in [0.5, 0.6) is 0 Å². The number of aliphatic carboxylic acids is 1. The topological polar surface area (TPSA) is 102 Å². The third-order valence-electron chi connectivity index (χ3n) is 3.28. The molecule has 0 aliphatic rings. The van der Waals surface area contributed by atoms with E-state index in [1.54, 1.807) is 10.9 Å². The molecule has 2 rings (SSSR count). The Morgan fingerprint density at radius 2 is 2.10 bits per heavy atom. The number of hydrogen-bond donors (Lipinski definition) is 2. The molecule has 0 saturated carbocycles. The van der Waals surface area contributed by atoms with Gasteiger partial charge >= 0.3 is 5.97 Å². The minimum atomic E-state index is -1.01. The van der Waals surface area contributed by atoms with Crippen molar-refractivity contribution < 1.29 is 14.7 Å². The van der Waals surface area contributed by atoms with Gasteiger partial charge in [-0.3, -0.25) is 19.0 Å². The van der Waals surface area contributed by atoms with Crippen molar-refractivity contribution in [1.29, 1.82) is 0 Å². The van der Waals surface area contributed by atoms with Crippen molar-refractivity contribution in [1.82, 2.24) is 24.9 Å². The van der Waals surface area contributed by atoms with Crippen LogP contribution in [0.3, 0.4) is 0 Å². The fourth-order valence-electron chi connectivity index (χ4n) is 2.00. The molecule has 112 valence electrons. The second-order valence-corrected chi connectivity index (χ2v) is 4.82. The molecule has 1 unspecified atom stereocenters. The van der Waals surface area contributed by atoms with Crippen molar-refractivity contribution in [3.05, 3.63) is 35.4 Å². The minimum Gasteiger partial charge on any atom is -0.480 e. The van der Waals surface area contributed by atoms with Gasteiger partial charge in [0.05, 0.1) is 24.0 Å². The van der Waals surface area contributed by atoms with E-state index in [1.807, 2.05) is 20.9 Å². The number of carboxylic acid groups (broad SMARTS) is 1. The van der Waals surface area contributed by atoms with Crippen LogP contribution < -0.4 is 5.32 Å². The van der Waals surface area contributed by atoms with Crippen molar-refractivity contribution in [2.45, 2.75) is 26.4 Å². The van der Waals surface area contributed by atoms with Gasteiger partial charge in [0.2, 0.25) is 0 Å². The summed E-state index contributed by atoms with van der Waals surface area (Å²) in [6, 6.07) is -0.200. The van der Waals surface area contributed by atoms with Crippen molar-refractivity contribution in [2.75, 3.05) is 0 Å². The van der Waals surface area contributed by atoms with Crippen LogP contribution in [0.4, 0.5) is 0 Å². The van der Waals surface area contributed by atoms with E-state index in [0.29, 0.717) is 5.56 Å². The number of carbonyl (C=O) groups is 2. The molecule has 2 heterocycles. The summed E-state index contributed by atoms with van der Waals surface area (Å²) in [6.07, 6.45) is 4.47.